The Hall–Kier alpha value is -2.25. The van der Waals surface area contributed by atoms with Crippen molar-refractivity contribution < 1.29 is 9.53 Å². The van der Waals surface area contributed by atoms with Crippen molar-refractivity contribution in [2.24, 2.45) is 5.92 Å². The van der Waals surface area contributed by atoms with Crippen molar-refractivity contribution >= 4 is 22.8 Å². The molecule has 0 spiro atoms. The number of benzene rings is 1. The molecule has 146 valence electrons. The van der Waals surface area contributed by atoms with E-state index in [1.807, 2.05) is 32.0 Å². The van der Waals surface area contributed by atoms with Crippen LogP contribution in [0, 0.1) is 19.8 Å². The maximum absolute atomic E-state index is 12.2. The van der Waals surface area contributed by atoms with E-state index in [1.165, 1.54) is 0 Å². The maximum atomic E-state index is 12.2. The van der Waals surface area contributed by atoms with Gasteiger partial charge in [-0.05, 0) is 57.4 Å². The summed E-state index contributed by atoms with van der Waals surface area (Å²) in [6.07, 6.45) is 2.18. The molecule has 0 unspecified atom stereocenters. The highest BCUT2D eigenvalue weighted by molar-refractivity contribution is 5.91. The molecule has 0 bridgehead atoms. The van der Waals surface area contributed by atoms with Gasteiger partial charge in [-0.15, -0.1) is 0 Å². The third-order valence-electron chi connectivity index (χ3n) is 5.08. The topological polar surface area (TPSA) is 79.4 Å². The molecule has 0 radical (unpaired) electrons. The Morgan fingerprint density at radius 3 is 2.81 bits per heavy atom. The third-order valence-corrected chi connectivity index (χ3v) is 5.08. The second kappa shape index (κ2) is 9.10. The lowest BCUT2D eigenvalue weighted by atomic mass is 10.1. The number of rotatable bonds is 7. The number of methoxy groups -OCH3 is 1. The maximum Gasteiger partial charge on any atom is 0.319 e. The lowest BCUT2D eigenvalue weighted by Crippen LogP contribution is -2.34. The summed E-state index contributed by atoms with van der Waals surface area (Å²) in [5.74, 6) is 0.506. The fourth-order valence-corrected chi connectivity index (χ4v) is 3.44. The quantitative estimate of drug-likeness (QED) is 0.732. The number of carbonyl (C=O) groups excluding carboxylic acids is 1. The third kappa shape index (κ3) is 5.37. The molecule has 0 aliphatic carbocycles. The van der Waals surface area contributed by atoms with Crippen molar-refractivity contribution in [3.05, 3.63) is 29.6 Å². The van der Waals surface area contributed by atoms with Crippen LogP contribution in [0.5, 0.6) is 0 Å². The van der Waals surface area contributed by atoms with E-state index in [-0.39, 0.29) is 6.03 Å². The first kappa shape index (κ1) is 19.5. The largest absolute Gasteiger partial charge is 0.385 e. The first-order valence-corrected chi connectivity index (χ1v) is 9.56. The number of nitrogens with one attached hydrogen (secondary N) is 2. The minimum Gasteiger partial charge on any atom is -0.385 e. The number of carbonyl (C=O) groups is 1. The van der Waals surface area contributed by atoms with E-state index in [2.05, 4.69) is 25.5 Å². The van der Waals surface area contributed by atoms with Crippen LogP contribution < -0.4 is 10.6 Å². The summed E-state index contributed by atoms with van der Waals surface area (Å²) in [6, 6.07) is 5.43. The van der Waals surface area contributed by atoms with Crippen molar-refractivity contribution in [3.8, 4) is 0 Å². The zero-order chi connectivity index (χ0) is 19.2. The van der Waals surface area contributed by atoms with Crippen LogP contribution in [-0.2, 0) is 4.74 Å². The Labute approximate surface area is 160 Å². The van der Waals surface area contributed by atoms with E-state index in [4.69, 9.17) is 4.74 Å². The highest BCUT2D eigenvalue weighted by Crippen LogP contribution is 2.18. The van der Waals surface area contributed by atoms with Crippen molar-refractivity contribution in [3.63, 3.8) is 0 Å². The standard InChI is InChI=1S/C20H29N5O2/c1-14-15(2)23-19-11-17(5-6-18(19)22-14)24-20(26)21-12-16-7-9-25(13-16)8-4-10-27-3/h5-6,11,16H,4,7-10,12-13H2,1-3H3,(H2,21,24,26)/t16-/m0/s1. The number of urea groups is 1. The van der Waals surface area contributed by atoms with Gasteiger partial charge in [-0.25, -0.2) is 14.8 Å². The van der Waals surface area contributed by atoms with Crippen LogP contribution in [0.3, 0.4) is 0 Å². The van der Waals surface area contributed by atoms with Gasteiger partial charge in [0, 0.05) is 39.0 Å². The van der Waals surface area contributed by atoms with Gasteiger partial charge in [-0.1, -0.05) is 0 Å². The van der Waals surface area contributed by atoms with E-state index in [0.717, 1.165) is 67.2 Å². The molecule has 1 aliphatic rings. The number of aromatic nitrogens is 2. The Balaban J connectivity index is 1.47. The van der Waals surface area contributed by atoms with E-state index in [0.29, 0.717) is 12.5 Å². The van der Waals surface area contributed by atoms with Gasteiger partial charge in [-0.3, -0.25) is 0 Å². The van der Waals surface area contributed by atoms with Crippen molar-refractivity contribution in [2.75, 3.05) is 45.2 Å². The molecule has 1 fully saturated rings. The summed E-state index contributed by atoms with van der Waals surface area (Å²) in [4.78, 5) is 23.7. The fraction of sp³-hybridized carbons (Fsp3) is 0.550. The summed E-state index contributed by atoms with van der Waals surface area (Å²) in [5, 5.41) is 5.89. The van der Waals surface area contributed by atoms with Crippen LogP contribution in [0.15, 0.2) is 18.2 Å². The number of hydrogen-bond donors (Lipinski definition) is 2. The number of amides is 2. The number of aryl methyl sites for hydroxylation is 2. The number of hydrogen-bond acceptors (Lipinski definition) is 5. The smallest absolute Gasteiger partial charge is 0.319 e. The van der Waals surface area contributed by atoms with Crippen LogP contribution in [0.2, 0.25) is 0 Å². The van der Waals surface area contributed by atoms with Gasteiger partial charge in [0.15, 0.2) is 0 Å². The van der Waals surface area contributed by atoms with E-state index in [9.17, 15) is 4.79 Å². The van der Waals surface area contributed by atoms with Crippen LogP contribution in [0.4, 0.5) is 10.5 Å². The lowest BCUT2D eigenvalue weighted by molar-refractivity contribution is 0.178. The van der Waals surface area contributed by atoms with Crippen LogP contribution >= 0.6 is 0 Å². The number of likely N-dealkylation sites (tertiary alicyclic amines) is 1. The second-order valence-corrected chi connectivity index (χ2v) is 7.23. The Morgan fingerprint density at radius 1 is 1.26 bits per heavy atom. The molecule has 1 atom stereocenters. The molecule has 0 saturated carbocycles. The summed E-state index contributed by atoms with van der Waals surface area (Å²) >= 11 is 0. The first-order chi connectivity index (χ1) is 13.0. The van der Waals surface area contributed by atoms with Gasteiger partial charge in [-0.2, -0.15) is 0 Å². The summed E-state index contributed by atoms with van der Waals surface area (Å²) in [6.45, 7) is 8.58. The molecule has 3 rings (SSSR count). The predicted octanol–water partition coefficient (Wildman–Crippen LogP) is 2.73. The molecule has 2 heterocycles. The highest BCUT2D eigenvalue weighted by atomic mass is 16.5. The Bertz CT molecular complexity index is 795. The zero-order valence-corrected chi connectivity index (χ0v) is 16.4. The molecule has 1 aliphatic heterocycles. The fourth-order valence-electron chi connectivity index (χ4n) is 3.44. The van der Waals surface area contributed by atoms with Crippen LogP contribution in [-0.4, -0.2) is 60.8 Å². The minimum atomic E-state index is -0.177. The highest BCUT2D eigenvalue weighted by Gasteiger charge is 2.22. The van der Waals surface area contributed by atoms with Crippen LogP contribution in [0.1, 0.15) is 24.2 Å². The van der Waals surface area contributed by atoms with Gasteiger partial charge in [0.1, 0.15) is 0 Å². The normalized spacial score (nSPS) is 17.4. The van der Waals surface area contributed by atoms with Crippen molar-refractivity contribution in [1.82, 2.24) is 20.2 Å². The molecule has 2 aromatic rings. The van der Waals surface area contributed by atoms with Crippen molar-refractivity contribution in [2.45, 2.75) is 26.7 Å². The number of ether oxygens (including phenoxy) is 1. The number of anilines is 1. The molecule has 27 heavy (non-hydrogen) atoms. The number of nitrogens with zero attached hydrogens (tertiary/aromatic N) is 3. The summed E-state index contributed by atoms with van der Waals surface area (Å²) < 4.78 is 5.10. The number of fused-ring (bicyclic) bond motifs is 1. The SMILES string of the molecule is COCCCN1CC[C@@H](CNC(=O)Nc2ccc3nc(C)c(C)nc3c2)C1. The molecule has 1 aromatic carbocycles. The molecule has 7 heteroatoms. The monoisotopic (exact) mass is 371 g/mol. The molecule has 1 saturated heterocycles. The molecular formula is C20H29N5O2. The van der Waals surface area contributed by atoms with Gasteiger partial charge in [0.05, 0.1) is 22.4 Å². The van der Waals surface area contributed by atoms with E-state index < -0.39 is 0 Å². The zero-order valence-electron chi connectivity index (χ0n) is 16.4. The summed E-state index contributed by atoms with van der Waals surface area (Å²) in [5.41, 5.74) is 4.18. The van der Waals surface area contributed by atoms with Gasteiger partial charge < -0.3 is 20.3 Å². The molecule has 2 N–H and O–H groups in total. The van der Waals surface area contributed by atoms with E-state index in [1.54, 1.807) is 7.11 Å². The molecule has 1 aromatic heterocycles. The minimum absolute atomic E-state index is 0.177. The average molecular weight is 371 g/mol. The summed E-state index contributed by atoms with van der Waals surface area (Å²) in [7, 11) is 1.74. The first-order valence-electron chi connectivity index (χ1n) is 9.56. The molecule has 7 nitrogen and oxygen atoms in total. The van der Waals surface area contributed by atoms with Gasteiger partial charge in [0.2, 0.25) is 0 Å². The Kier molecular flexibility index (Phi) is 6.58. The van der Waals surface area contributed by atoms with E-state index >= 15 is 0 Å². The molecular weight excluding hydrogens is 342 g/mol. The van der Waals surface area contributed by atoms with Crippen LogP contribution in [0.25, 0.3) is 11.0 Å². The van der Waals surface area contributed by atoms with Crippen molar-refractivity contribution in [1.29, 1.82) is 0 Å². The van der Waals surface area contributed by atoms with Gasteiger partial charge in [0.25, 0.3) is 0 Å². The average Bonchev–Trinajstić information content (AvgIpc) is 3.09. The second-order valence-electron chi connectivity index (χ2n) is 7.23. The predicted molar refractivity (Wildman–Crippen MR) is 107 cm³/mol. The Morgan fingerprint density at radius 2 is 2.04 bits per heavy atom. The van der Waals surface area contributed by atoms with Gasteiger partial charge >= 0.3 is 6.03 Å². The molecule has 2 amide bonds. The lowest BCUT2D eigenvalue weighted by Gasteiger charge is -2.16.